The topological polar surface area (TPSA) is 92.5 Å². The molecule has 0 heterocycles. The van der Waals surface area contributed by atoms with E-state index in [1.807, 2.05) is 0 Å². The first kappa shape index (κ1) is 16.8. The quantitative estimate of drug-likeness (QED) is 0.595. The van der Waals surface area contributed by atoms with Gasteiger partial charge in [0.1, 0.15) is 0 Å². The highest BCUT2D eigenvalue weighted by Crippen LogP contribution is 2.31. The van der Waals surface area contributed by atoms with Crippen molar-refractivity contribution in [3.05, 3.63) is 33.9 Å². The second-order valence-electron chi connectivity index (χ2n) is 4.90. The molecule has 0 radical (unpaired) electrons. The zero-order chi connectivity index (χ0) is 16.2. The van der Waals surface area contributed by atoms with Gasteiger partial charge in [-0.15, -0.1) is 0 Å². The molecule has 0 aliphatic heterocycles. The average Bonchev–Trinajstić information content (AvgIpc) is 2.37. The van der Waals surface area contributed by atoms with Gasteiger partial charge in [0, 0.05) is 29.9 Å². The molecule has 1 atom stereocenters. The summed E-state index contributed by atoms with van der Waals surface area (Å²) in [5, 5.41) is 22.3. The van der Waals surface area contributed by atoms with Gasteiger partial charge in [0.25, 0.3) is 12.1 Å². The maximum atomic E-state index is 12.9. The van der Waals surface area contributed by atoms with Gasteiger partial charge in [-0.25, -0.2) is 8.78 Å². The number of nitrogens with zero attached hydrogens (tertiary/aromatic N) is 1. The Labute approximate surface area is 119 Å². The zero-order valence-electron chi connectivity index (χ0n) is 11.5. The molecule has 1 aromatic rings. The highest BCUT2D eigenvalue weighted by Gasteiger charge is 2.23. The minimum Gasteiger partial charge on any atom is -0.481 e. The molecule has 0 aromatic heterocycles. The van der Waals surface area contributed by atoms with E-state index in [4.69, 9.17) is 5.11 Å². The van der Waals surface area contributed by atoms with Crippen LogP contribution in [0.4, 0.5) is 20.2 Å². The first-order valence-corrected chi connectivity index (χ1v) is 6.27. The van der Waals surface area contributed by atoms with Crippen molar-refractivity contribution in [3.8, 4) is 0 Å². The lowest BCUT2D eigenvalue weighted by molar-refractivity contribution is -0.385. The van der Waals surface area contributed by atoms with E-state index in [1.54, 1.807) is 13.8 Å². The minimum atomic E-state index is -2.89. The summed E-state index contributed by atoms with van der Waals surface area (Å²) in [6.07, 6.45) is -2.89. The van der Waals surface area contributed by atoms with Gasteiger partial charge < -0.3 is 10.4 Å². The summed E-state index contributed by atoms with van der Waals surface area (Å²) in [7, 11) is 0. The van der Waals surface area contributed by atoms with E-state index in [-0.39, 0.29) is 18.2 Å². The van der Waals surface area contributed by atoms with Crippen LogP contribution < -0.4 is 5.32 Å². The molecular weight excluding hydrogens is 286 g/mol. The number of nitro benzene ring substituents is 1. The fourth-order valence-corrected chi connectivity index (χ4v) is 1.83. The van der Waals surface area contributed by atoms with Crippen LogP contribution in [0.5, 0.6) is 0 Å². The van der Waals surface area contributed by atoms with Crippen LogP contribution in [0.15, 0.2) is 18.2 Å². The second-order valence-corrected chi connectivity index (χ2v) is 4.90. The van der Waals surface area contributed by atoms with Gasteiger partial charge in [-0.05, 0) is 12.0 Å². The summed E-state index contributed by atoms with van der Waals surface area (Å²) in [4.78, 5) is 20.9. The van der Waals surface area contributed by atoms with Crippen LogP contribution in [0.2, 0.25) is 0 Å². The molecule has 21 heavy (non-hydrogen) atoms. The lowest BCUT2D eigenvalue weighted by atomic mass is 9.96. The number of halogens is 2. The molecule has 1 aromatic carbocycles. The predicted molar refractivity (Wildman–Crippen MR) is 72.5 cm³/mol. The molecule has 0 amide bonds. The maximum Gasteiger partial charge on any atom is 0.308 e. The minimum absolute atomic E-state index is 0.00231. The first-order chi connectivity index (χ1) is 9.73. The molecule has 0 spiro atoms. The Morgan fingerprint density at radius 3 is 2.48 bits per heavy atom. The normalized spacial score (nSPS) is 12.5. The third-order valence-electron chi connectivity index (χ3n) is 3.12. The number of nitrogens with one attached hydrogen (secondary N) is 1. The molecule has 2 N–H and O–H groups in total. The Kier molecular flexibility index (Phi) is 5.57. The lowest BCUT2D eigenvalue weighted by Crippen LogP contribution is -2.27. The van der Waals surface area contributed by atoms with Gasteiger partial charge in [-0.1, -0.05) is 13.8 Å². The van der Waals surface area contributed by atoms with E-state index in [2.05, 4.69) is 5.32 Å². The van der Waals surface area contributed by atoms with Gasteiger partial charge >= 0.3 is 5.97 Å². The number of carboxylic acid groups (broad SMARTS) is 1. The van der Waals surface area contributed by atoms with Crippen LogP contribution >= 0.6 is 0 Å². The van der Waals surface area contributed by atoms with E-state index in [9.17, 15) is 23.7 Å². The summed E-state index contributed by atoms with van der Waals surface area (Å²) in [5.74, 6) is -1.95. The van der Waals surface area contributed by atoms with Crippen LogP contribution in [0, 0.1) is 22.0 Å². The van der Waals surface area contributed by atoms with Crippen molar-refractivity contribution in [2.24, 2.45) is 11.8 Å². The number of anilines is 1. The number of hydrogen-bond acceptors (Lipinski definition) is 4. The number of benzene rings is 1. The fraction of sp³-hybridized carbons (Fsp3) is 0.462. The second kappa shape index (κ2) is 6.96. The molecule has 0 saturated carbocycles. The molecule has 6 nitrogen and oxygen atoms in total. The van der Waals surface area contributed by atoms with Crippen molar-refractivity contribution in [2.45, 2.75) is 20.3 Å². The number of aliphatic carboxylic acids is 1. The van der Waals surface area contributed by atoms with Crippen LogP contribution in [-0.4, -0.2) is 22.5 Å². The fourth-order valence-electron chi connectivity index (χ4n) is 1.83. The molecule has 0 saturated heterocycles. The SMILES string of the molecule is CC(C)C(CNc1ccc([N+](=O)[O-])cc1C(F)F)C(=O)O. The number of carbonyl (C=O) groups is 1. The van der Waals surface area contributed by atoms with Gasteiger partial charge in [0.15, 0.2) is 0 Å². The third kappa shape index (κ3) is 4.37. The molecule has 8 heteroatoms. The zero-order valence-corrected chi connectivity index (χ0v) is 11.5. The lowest BCUT2D eigenvalue weighted by Gasteiger charge is -2.18. The van der Waals surface area contributed by atoms with Crippen LogP contribution in [0.25, 0.3) is 0 Å². The van der Waals surface area contributed by atoms with E-state index < -0.39 is 34.5 Å². The Balaban J connectivity index is 2.97. The molecule has 116 valence electrons. The molecule has 1 rings (SSSR count). The monoisotopic (exact) mass is 302 g/mol. The van der Waals surface area contributed by atoms with Crippen molar-refractivity contribution in [1.29, 1.82) is 0 Å². The highest BCUT2D eigenvalue weighted by molar-refractivity contribution is 5.71. The standard InChI is InChI=1S/C13H16F2N2O4/c1-7(2)10(13(18)19)6-16-11-4-3-8(17(20)21)5-9(11)12(14)15/h3-5,7,10,12,16H,6H2,1-2H3,(H,18,19). The summed E-state index contributed by atoms with van der Waals surface area (Å²) < 4.78 is 25.9. The van der Waals surface area contributed by atoms with Gasteiger partial charge in [-0.2, -0.15) is 0 Å². The van der Waals surface area contributed by atoms with Crippen molar-refractivity contribution >= 4 is 17.3 Å². The summed E-state index contributed by atoms with van der Waals surface area (Å²) in [6, 6.07) is 3.05. The molecule has 0 bridgehead atoms. The smallest absolute Gasteiger partial charge is 0.308 e. The van der Waals surface area contributed by atoms with Gasteiger partial charge in [0.05, 0.1) is 10.8 Å². The molecule has 1 unspecified atom stereocenters. The van der Waals surface area contributed by atoms with Crippen molar-refractivity contribution in [1.82, 2.24) is 0 Å². The first-order valence-electron chi connectivity index (χ1n) is 6.27. The summed E-state index contributed by atoms with van der Waals surface area (Å²) in [6.45, 7) is 3.39. The number of nitro groups is 1. The molecule has 0 fully saturated rings. The summed E-state index contributed by atoms with van der Waals surface area (Å²) >= 11 is 0. The maximum absolute atomic E-state index is 12.9. The molecule has 0 aliphatic rings. The molecule has 0 aliphatic carbocycles. The largest absolute Gasteiger partial charge is 0.481 e. The predicted octanol–water partition coefficient (Wildman–Crippen LogP) is 3.30. The average molecular weight is 302 g/mol. The van der Waals surface area contributed by atoms with Crippen molar-refractivity contribution < 1.29 is 23.6 Å². The Morgan fingerprint density at radius 1 is 1.43 bits per heavy atom. The van der Waals surface area contributed by atoms with Crippen LogP contribution in [0.3, 0.4) is 0 Å². The third-order valence-corrected chi connectivity index (χ3v) is 3.12. The van der Waals surface area contributed by atoms with Crippen LogP contribution in [-0.2, 0) is 4.79 Å². The van der Waals surface area contributed by atoms with E-state index >= 15 is 0 Å². The summed E-state index contributed by atoms with van der Waals surface area (Å²) in [5.41, 5.74) is -0.950. The van der Waals surface area contributed by atoms with Crippen LogP contribution in [0.1, 0.15) is 25.8 Å². The number of carboxylic acids is 1. The number of rotatable bonds is 7. The number of hydrogen-bond donors (Lipinski definition) is 2. The Morgan fingerprint density at radius 2 is 2.05 bits per heavy atom. The van der Waals surface area contributed by atoms with Gasteiger partial charge in [0.2, 0.25) is 0 Å². The highest BCUT2D eigenvalue weighted by atomic mass is 19.3. The Bertz CT molecular complexity index is 535. The molecular formula is C13H16F2N2O4. The van der Waals surface area contributed by atoms with Gasteiger partial charge in [-0.3, -0.25) is 14.9 Å². The van der Waals surface area contributed by atoms with E-state index in [0.29, 0.717) is 0 Å². The Hall–Kier alpha value is -2.25. The van der Waals surface area contributed by atoms with Crippen molar-refractivity contribution in [3.63, 3.8) is 0 Å². The van der Waals surface area contributed by atoms with Crippen molar-refractivity contribution in [2.75, 3.05) is 11.9 Å². The van der Waals surface area contributed by atoms with E-state index in [1.165, 1.54) is 6.07 Å². The van der Waals surface area contributed by atoms with E-state index in [0.717, 1.165) is 12.1 Å². The number of non-ortho nitro benzene ring substituents is 1. The number of alkyl halides is 2.